The molecule has 2 aromatic rings. The van der Waals surface area contributed by atoms with Crippen molar-refractivity contribution in [3.05, 3.63) is 48.3 Å². The predicted molar refractivity (Wildman–Crippen MR) is 91.0 cm³/mol. The molecule has 0 unspecified atom stereocenters. The summed E-state index contributed by atoms with van der Waals surface area (Å²) in [6, 6.07) is 5.63. The van der Waals surface area contributed by atoms with Gasteiger partial charge in [-0.25, -0.2) is 0 Å². The molecule has 0 radical (unpaired) electrons. The molecular formula is C19H24N2O4. The number of carbonyl (C=O) groups excluding carboxylic acids is 1. The molecule has 0 aliphatic carbocycles. The second-order valence-electron chi connectivity index (χ2n) is 7.12. The summed E-state index contributed by atoms with van der Waals surface area (Å²) < 4.78 is 16.5. The average molecular weight is 344 g/mol. The van der Waals surface area contributed by atoms with E-state index in [-0.39, 0.29) is 12.0 Å². The summed E-state index contributed by atoms with van der Waals surface area (Å²) in [6.07, 6.45) is 5.93. The van der Waals surface area contributed by atoms with Gasteiger partial charge in [0.2, 0.25) is 0 Å². The number of amides is 1. The van der Waals surface area contributed by atoms with E-state index in [0.29, 0.717) is 17.4 Å². The molecule has 4 heterocycles. The van der Waals surface area contributed by atoms with Gasteiger partial charge in [-0.05, 0) is 37.6 Å². The highest BCUT2D eigenvalue weighted by molar-refractivity contribution is 5.93. The predicted octanol–water partition coefficient (Wildman–Crippen LogP) is 2.48. The molecule has 6 heteroatoms. The highest BCUT2D eigenvalue weighted by Crippen LogP contribution is 2.35. The number of ether oxygens (including phenoxy) is 1. The van der Waals surface area contributed by atoms with Crippen molar-refractivity contribution >= 4 is 5.91 Å². The van der Waals surface area contributed by atoms with Gasteiger partial charge in [-0.15, -0.1) is 0 Å². The first-order chi connectivity index (χ1) is 12.2. The van der Waals surface area contributed by atoms with E-state index in [9.17, 15) is 4.79 Å². The molecule has 25 heavy (non-hydrogen) atoms. The minimum atomic E-state index is 0.0572. The Kier molecular flexibility index (Phi) is 4.63. The first-order valence-electron chi connectivity index (χ1n) is 8.84. The first-order valence-corrected chi connectivity index (χ1v) is 8.84. The summed E-state index contributed by atoms with van der Waals surface area (Å²) in [6.45, 7) is 3.96. The summed E-state index contributed by atoms with van der Waals surface area (Å²) >= 11 is 0. The number of hydrogen-bond acceptors (Lipinski definition) is 5. The van der Waals surface area contributed by atoms with Gasteiger partial charge in [0.15, 0.2) is 0 Å². The van der Waals surface area contributed by atoms with Gasteiger partial charge in [-0.1, -0.05) is 0 Å². The van der Waals surface area contributed by atoms with Crippen LogP contribution in [0.4, 0.5) is 0 Å². The van der Waals surface area contributed by atoms with Gasteiger partial charge >= 0.3 is 0 Å². The third-order valence-electron chi connectivity index (χ3n) is 5.36. The summed E-state index contributed by atoms with van der Waals surface area (Å²) in [5.74, 6) is 1.96. The Hall–Kier alpha value is -2.05. The standard InChI is InChI=1S/C19H24N2O4/c1-20(9-16-3-2-7-24-16)11-18-17-10-21(6-4-14(17)13-25-18)19(22)15-5-8-23-12-15/h2-3,5,7-8,12,14,17-18H,4,6,9-11,13H2,1H3/t14-,17-,18+/m0/s1. The molecule has 1 amide bonds. The number of fused-ring (bicyclic) bond motifs is 1. The van der Waals surface area contributed by atoms with Crippen molar-refractivity contribution in [3.63, 3.8) is 0 Å². The van der Waals surface area contributed by atoms with Crippen LogP contribution in [-0.2, 0) is 11.3 Å². The number of hydrogen-bond donors (Lipinski definition) is 0. The van der Waals surface area contributed by atoms with Crippen molar-refractivity contribution in [2.45, 2.75) is 19.1 Å². The van der Waals surface area contributed by atoms with Gasteiger partial charge < -0.3 is 18.5 Å². The van der Waals surface area contributed by atoms with Crippen LogP contribution in [0, 0.1) is 11.8 Å². The van der Waals surface area contributed by atoms with Crippen LogP contribution in [0.5, 0.6) is 0 Å². The van der Waals surface area contributed by atoms with Crippen molar-refractivity contribution in [1.29, 1.82) is 0 Å². The average Bonchev–Trinajstić information content (AvgIpc) is 3.36. The largest absolute Gasteiger partial charge is 0.472 e. The molecule has 0 spiro atoms. The number of rotatable bonds is 5. The van der Waals surface area contributed by atoms with Gasteiger partial charge in [0, 0.05) is 25.6 Å². The van der Waals surface area contributed by atoms with Gasteiger partial charge in [0.05, 0.1) is 37.3 Å². The molecule has 134 valence electrons. The van der Waals surface area contributed by atoms with E-state index in [0.717, 1.165) is 45.0 Å². The third-order valence-corrected chi connectivity index (χ3v) is 5.36. The first kappa shape index (κ1) is 16.4. The highest BCUT2D eigenvalue weighted by atomic mass is 16.5. The Morgan fingerprint density at radius 2 is 2.28 bits per heavy atom. The van der Waals surface area contributed by atoms with Crippen LogP contribution in [-0.4, -0.2) is 55.1 Å². The molecule has 0 bridgehead atoms. The van der Waals surface area contributed by atoms with Crippen LogP contribution in [0.25, 0.3) is 0 Å². The van der Waals surface area contributed by atoms with Gasteiger partial charge in [-0.3, -0.25) is 9.69 Å². The monoisotopic (exact) mass is 344 g/mol. The number of likely N-dealkylation sites (tertiary alicyclic amines) is 1. The van der Waals surface area contributed by atoms with Crippen LogP contribution in [0.3, 0.4) is 0 Å². The topological polar surface area (TPSA) is 59.1 Å². The van der Waals surface area contributed by atoms with Crippen molar-refractivity contribution in [2.24, 2.45) is 11.8 Å². The molecule has 6 nitrogen and oxygen atoms in total. The summed E-state index contributed by atoms with van der Waals surface area (Å²) in [5.41, 5.74) is 0.629. The smallest absolute Gasteiger partial charge is 0.257 e. The van der Waals surface area contributed by atoms with E-state index in [1.54, 1.807) is 18.6 Å². The lowest BCUT2D eigenvalue weighted by Crippen LogP contribution is -2.47. The van der Waals surface area contributed by atoms with Crippen LogP contribution in [0.1, 0.15) is 22.5 Å². The fourth-order valence-electron chi connectivity index (χ4n) is 4.01. The molecule has 2 aromatic heterocycles. The van der Waals surface area contributed by atoms with Crippen LogP contribution in [0.15, 0.2) is 45.8 Å². The van der Waals surface area contributed by atoms with E-state index in [1.165, 1.54) is 6.26 Å². The Morgan fingerprint density at radius 1 is 1.36 bits per heavy atom. The van der Waals surface area contributed by atoms with Crippen molar-refractivity contribution in [2.75, 3.05) is 33.3 Å². The van der Waals surface area contributed by atoms with E-state index >= 15 is 0 Å². The molecule has 3 atom stereocenters. The zero-order chi connectivity index (χ0) is 17.2. The molecule has 4 rings (SSSR count). The summed E-state index contributed by atoms with van der Waals surface area (Å²) in [7, 11) is 2.08. The van der Waals surface area contributed by atoms with Crippen LogP contribution >= 0.6 is 0 Å². The van der Waals surface area contributed by atoms with E-state index in [2.05, 4.69) is 11.9 Å². The molecule has 2 aliphatic heterocycles. The fraction of sp³-hybridized carbons (Fsp3) is 0.526. The fourth-order valence-corrected chi connectivity index (χ4v) is 4.01. The molecular weight excluding hydrogens is 320 g/mol. The number of carbonyl (C=O) groups is 1. The van der Waals surface area contributed by atoms with E-state index in [1.807, 2.05) is 17.0 Å². The third kappa shape index (κ3) is 3.50. The minimum Gasteiger partial charge on any atom is -0.472 e. The molecule has 2 aliphatic rings. The van der Waals surface area contributed by atoms with Crippen LogP contribution in [0.2, 0.25) is 0 Å². The van der Waals surface area contributed by atoms with E-state index < -0.39 is 0 Å². The number of furan rings is 2. The Balaban J connectivity index is 1.37. The van der Waals surface area contributed by atoms with E-state index in [4.69, 9.17) is 13.6 Å². The lowest BCUT2D eigenvalue weighted by atomic mass is 9.84. The molecule has 0 aromatic carbocycles. The summed E-state index contributed by atoms with van der Waals surface area (Å²) in [4.78, 5) is 16.8. The maximum absolute atomic E-state index is 12.6. The second-order valence-corrected chi connectivity index (χ2v) is 7.12. The molecule has 2 fully saturated rings. The molecule has 2 saturated heterocycles. The van der Waals surface area contributed by atoms with Crippen molar-refractivity contribution in [3.8, 4) is 0 Å². The Bertz CT molecular complexity index is 682. The quantitative estimate of drug-likeness (QED) is 0.834. The maximum Gasteiger partial charge on any atom is 0.257 e. The lowest BCUT2D eigenvalue weighted by Gasteiger charge is -2.36. The molecule has 0 N–H and O–H groups in total. The minimum absolute atomic E-state index is 0.0572. The molecule has 0 saturated carbocycles. The van der Waals surface area contributed by atoms with Gasteiger partial charge in [-0.2, -0.15) is 0 Å². The van der Waals surface area contributed by atoms with Crippen molar-refractivity contribution < 1.29 is 18.4 Å². The lowest BCUT2D eigenvalue weighted by molar-refractivity contribution is 0.0419. The SMILES string of the molecule is CN(Cc1ccco1)C[C@H]1OC[C@@H]2CCN(C(=O)c3ccoc3)C[C@@H]21. The van der Waals surface area contributed by atoms with Gasteiger partial charge in [0.1, 0.15) is 12.0 Å². The number of piperidine rings is 1. The van der Waals surface area contributed by atoms with Crippen molar-refractivity contribution in [1.82, 2.24) is 9.80 Å². The Morgan fingerprint density at radius 3 is 3.04 bits per heavy atom. The number of nitrogens with zero attached hydrogens (tertiary/aromatic N) is 2. The number of likely N-dealkylation sites (N-methyl/N-ethyl adjacent to an activating group) is 1. The maximum atomic E-state index is 12.6. The zero-order valence-electron chi connectivity index (χ0n) is 14.5. The Labute approximate surface area is 147 Å². The highest BCUT2D eigenvalue weighted by Gasteiger charge is 2.42. The zero-order valence-corrected chi connectivity index (χ0v) is 14.5. The normalized spacial score (nSPS) is 26.2. The van der Waals surface area contributed by atoms with Gasteiger partial charge in [0.25, 0.3) is 5.91 Å². The second kappa shape index (κ2) is 7.06. The summed E-state index contributed by atoms with van der Waals surface area (Å²) in [5, 5.41) is 0. The van der Waals surface area contributed by atoms with Crippen LogP contribution < -0.4 is 0 Å².